The van der Waals surface area contributed by atoms with E-state index in [1.54, 1.807) is 13.8 Å². The predicted molar refractivity (Wildman–Crippen MR) is 91.7 cm³/mol. The number of rotatable bonds is 10. The second-order valence-corrected chi connectivity index (χ2v) is 4.74. The van der Waals surface area contributed by atoms with Crippen molar-refractivity contribution in [3.63, 3.8) is 0 Å². The van der Waals surface area contributed by atoms with E-state index in [2.05, 4.69) is 21.0 Å². The minimum atomic E-state index is 0. The van der Waals surface area contributed by atoms with Crippen molar-refractivity contribution in [2.24, 2.45) is 21.8 Å². The van der Waals surface area contributed by atoms with Crippen molar-refractivity contribution in [2.45, 2.75) is 40.5 Å². The van der Waals surface area contributed by atoms with Crippen molar-refractivity contribution in [2.75, 3.05) is 26.2 Å². The molecule has 0 aromatic carbocycles. The second-order valence-electron chi connectivity index (χ2n) is 4.74. The number of nitrogens with two attached hydrogens (primary N) is 2. The van der Waals surface area contributed by atoms with Crippen molar-refractivity contribution < 1.29 is 16.8 Å². The van der Waals surface area contributed by atoms with Gasteiger partial charge in [-0.1, -0.05) is 0 Å². The fraction of sp³-hybridized carbons (Fsp3) is 0.714. The van der Waals surface area contributed by atoms with Crippen LogP contribution in [-0.4, -0.2) is 26.2 Å². The zero-order valence-corrected chi connectivity index (χ0v) is 15.5. The van der Waals surface area contributed by atoms with E-state index in [0.29, 0.717) is 24.5 Å². The van der Waals surface area contributed by atoms with E-state index in [-0.39, 0.29) is 16.8 Å². The molecule has 0 saturated heterocycles. The molecule has 0 fully saturated rings. The van der Waals surface area contributed by atoms with Crippen molar-refractivity contribution in [1.82, 2.24) is 10.6 Å². The van der Waals surface area contributed by atoms with Crippen LogP contribution in [0.5, 0.6) is 0 Å². The Balaban J connectivity index is -0.000000333. The molecule has 135 valence electrons. The molecule has 0 heterocycles. The van der Waals surface area contributed by atoms with E-state index in [0.717, 1.165) is 37.3 Å². The largest absolute Gasteiger partial charge is 2.00 e. The first kappa shape index (κ1) is 26.6. The molecule has 0 unspecified atom stereocenters. The maximum atomic E-state index is 10.0. The van der Waals surface area contributed by atoms with E-state index in [1.165, 1.54) is 0 Å². The Morgan fingerprint density at radius 2 is 1.09 bits per heavy atom. The van der Waals surface area contributed by atoms with Crippen LogP contribution < -0.4 is 22.1 Å². The summed E-state index contributed by atoms with van der Waals surface area (Å²) in [6, 6.07) is 0. The summed E-state index contributed by atoms with van der Waals surface area (Å²) < 4.78 is 0. The summed E-state index contributed by atoms with van der Waals surface area (Å²) in [6.45, 7) is 9.93. The molecule has 0 aliphatic carbocycles. The third-order valence-electron chi connectivity index (χ3n) is 2.90. The average molecular weight is 373 g/mol. The van der Waals surface area contributed by atoms with Gasteiger partial charge in [-0.25, -0.2) is 0 Å². The molecule has 9 heteroatoms. The van der Waals surface area contributed by atoms with Crippen LogP contribution in [-0.2, 0) is 16.8 Å². The number of nitrogens with zero attached hydrogens (tertiary/aromatic N) is 2. The van der Waals surface area contributed by atoms with Crippen LogP contribution in [0, 0.1) is 9.81 Å². The van der Waals surface area contributed by atoms with Crippen molar-refractivity contribution in [1.29, 1.82) is 0 Å². The van der Waals surface area contributed by atoms with Gasteiger partial charge in [0.15, 0.2) is 0 Å². The van der Waals surface area contributed by atoms with Gasteiger partial charge >= 0.3 is 16.8 Å². The SMILES string of the molecule is CC(N=O)=C(C)NCCCN.CC(N=O)=C(C)NCCCN.[Co+2]. The van der Waals surface area contributed by atoms with Crippen LogP contribution in [0.2, 0.25) is 0 Å². The number of allylic oxidation sites excluding steroid dienone is 4. The fourth-order valence-corrected chi connectivity index (χ4v) is 1.15. The monoisotopic (exact) mass is 373 g/mol. The van der Waals surface area contributed by atoms with Gasteiger partial charge < -0.3 is 22.1 Å². The summed E-state index contributed by atoms with van der Waals surface area (Å²) in [4.78, 5) is 20.0. The van der Waals surface area contributed by atoms with Crippen LogP contribution in [0.15, 0.2) is 33.1 Å². The third-order valence-corrected chi connectivity index (χ3v) is 2.90. The van der Waals surface area contributed by atoms with Gasteiger partial charge in [-0.15, -0.1) is 9.81 Å². The molecule has 6 N–H and O–H groups in total. The molecule has 0 atom stereocenters. The van der Waals surface area contributed by atoms with Gasteiger partial charge in [0.25, 0.3) is 0 Å². The Kier molecular flexibility index (Phi) is 21.7. The maximum absolute atomic E-state index is 10.0. The third kappa shape index (κ3) is 16.9. The molecule has 0 aromatic heterocycles. The summed E-state index contributed by atoms with van der Waals surface area (Å²) in [5.74, 6) is 0. The molecular formula is C14H30CoN6O2+2. The molecule has 23 heavy (non-hydrogen) atoms. The molecule has 0 spiro atoms. The van der Waals surface area contributed by atoms with Crippen molar-refractivity contribution in [3.05, 3.63) is 32.6 Å². The molecular weight excluding hydrogens is 343 g/mol. The minimum Gasteiger partial charge on any atom is -0.387 e. The van der Waals surface area contributed by atoms with Gasteiger partial charge in [0.2, 0.25) is 0 Å². The number of nitroso groups, excluding NO2 is 2. The number of hydrogen-bond acceptors (Lipinski definition) is 8. The summed E-state index contributed by atoms with van der Waals surface area (Å²) in [5.41, 5.74) is 13.2. The van der Waals surface area contributed by atoms with Gasteiger partial charge in [-0.05, 0) is 64.0 Å². The van der Waals surface area contributed by atoms with E-state index < -0.39 is 0 Å². The molecule has 0 aliphatic rings. The molecule has 0 saturated carbocycles. The standard InChI is InChI=1S/2C7H15N3O.Co/c2*1-6(7(2)10-11)9-5-3-4-8;/h2*9H,3-5,8H2,1-2H3;/q;;+2. The van der Waals surface area contributed by atoms with Gasteiger partial charge in [0, 0.05) is 24.5 Å². The van der Waals surface area contributed by atoms with Gasteiger partial charge in [0.1, 0.15) is 11.4 Å². The predicted octanol–water partition coefficient (Wildman–Crippen LogP) is 1.88. The Morgan fingerprint density at radius 1 is 0.783 bits per heavy atom. The maximum Gasteiger partial charge on any atom is 2.00 e. The molecule has 0 aromatic rings. The average Bonchev–Trinajstić information content (AvgIpc) is 2.54. The quantitative estimate of drug-likeness (QED) is 0.341. The summed E-state index contributed by atoms with van der Waals surface area (Å²) in [6.07, 6.45) is 1.81. The van der Waals surface area contributed by atoms with Gasteiger partial charge in [0.05, 0.1) is 0 Å². The smallest absolute Gasteiger partial charge is 0.387 e. The molecule has 8 nitrogen and oxygen atoms in total. The van der Waals surface area contributed by atoms with Crippen LogP contribution >= 0.6 is 0 Å². The van der Waals surface area contributed by atoms with Crippen LogP contribution in [0.25, 0.3) is 0 Å². The number of hydrogen-bond donors (Lipinski definition) is 4. The van der Waals surface area contributed by atoms with Crippen molar-refractivity contribution in [3.8, 4) is 0 Å². The Hall–Kier alpha value is -1.29. The normalized spacial score (nSPS) is 11.7. The molecule has 0 aliphatic heterocycles. The van der Waals surface area contributed by atoms with Crippen LogP contribution in [0.1, 0.15) is 40.5 Å². The van der Waals surface area contributed by atoms with E-state index >= 15 is 0 Å². The van der Waals surface area contributed by atoms with E-state index in [1.807, 2.05) is 13.8 Å². The first-order valence-corrected chi connectivity index (χ1v) is 7.34. The summed E-state index contributed by atoms with van der Waals surface area (Å²) >= 11 is 0. The first-order chi connectivity index (χ1) is 10.4. The number of nitrogens with one attached hydrogen (secondary N) is 2. The van der Waals surface area contributed by atoms with Gasteiger partial charge in [-0.2, -0.15) is 0 Å². The second kappa shape index (κ2) is 18.8. The topological polar surface area (TPSA) is 135 Å². The summed E-state index contributed by atoms with van der Waals surface area (Å²) in [5, 5.41) is 11.7. The van der Waals surface area contributed by atoms with E-state index in [9.17, 15) is 9.81 Å². The molecule has 0 amide bonds. The Morgan fingerprint density at radius 3 is 1.30 bits per heavy atom. The molecule has 0 bridgehead atoms. The minimum absolute atomic E-state index is 0. The Bertz CT molecular complexity index is 349. The van der Waals surface area contributed by atoms with Crippen molar-refractivity contribution >= 4 is 0 Å². The Labute approximate surface area is 149 Å². The van der Waals surface area contributed by atoms with Crippen LogP contribution in [0.3, 0.4) is 0 Å². The zero-order valence-electron chi connectivity index (χ0n) is 14.4. The molecule has 1 radical (unpaired) electrons. The molecule has 0 rings (SSSR count). The first-order valence-electron chi connectivity index (χ1n) is 7.34. The summed E-state index contributed by atoms with van der Waals surface area (Å²) in [7, 11) is 0. The van der Waals surface area contributed by atoms with Crippen LogP contribution in [0.4, 0.5) is 0 Å². The van der Waals surface area contributed by atoms with Gasteiger partial charge in [-0.3, -0.25) is 0 Å². The zero-order chi connectivity index (χ0) is 17.4. The van der Waals surface area contributed by atoms with E-state index in [4.69, 9.17) is 11.5 Å². The fourth-order valence-electron chi connectivity index (χ4n) is 1.15.